The average molecular weight is 250 g/mol. The van der Waals surface area contributed by atoms with Crippen molar-refractivity contribution in [3.05, 3.63) is 16.2 Å². The summed E-state index contributed by atoms with van der Waals surface area (Å²) < 4.78 is 5.27. The van der Waals surface area contributed by atoms with E-state index in [-0.39, 0.29) is 23.7 Å². The molecule has 2 aromatic rings. The third kappa shape index (κ3) is 1.75. The fourth-order valence-corrected chi connectivity index (χ4v) is 2.20. The number of methoxy groups -OCH3 is 1. The molecule has 96 valence electrons. The van der Waals surface area contributed by atoms with Crippen LogP contribution in [0.5, 0.6) is 0 Å². The van der Waals surface area contributed by atoms with Gasteiger partial charge in [0.2, 0.25) is 5.95 Å². The standard InChI is InChI=1S/C10H14N6O2/c1-18-4-2-5(12-3-4)7-13-6-8(14-7)15-10(11)16-9(6)17/h4-5,12H,2-3H2,1H3,(H4,11,13,14,15,16,17). The Morgan fingerprint density at radius 3 is 2.94 bits per heavy atom. The number of nitrogens with one attached hydrogen (secondary N) is 3. The molecule has 1 saturated heterocycles. The smallest absolute Gasteiger partial charge is 0.278 e. The molecule has 3 heterocycles. The lowest BCUT2D eigenvalue weighted by Crippen LogP contribution is -2.16. The average Bonchev–Trinajstić information content (AvgIpc) is 2.93. The predicted molar refractivity (Wildman–Crippen MR) is 65.1 cm³/mol. The van der Waals surface area contributed by atoms with Gasteiger partial charge in [-0.1, -0.05) is 0 Å². The van der Waals surface area contributed by atoms with Crippen LogP contribution in [0, 0.1) is 0 Å². The Bertz CT molecular complexity index is 633. The van der Waals surface area contributed by atoms with Crippen LogP contribution in [0.3, 0.4) is 0 Å². The largest absolute Gasteiger partial charge is 0.380 e. The normalized spacial score (nSPS) is 23.8. The van der Waals surface area contributed by atoms with Gasteiger partial charge in [0.25, 0.3) is 5.56 Å². The van der Waals surface area contributed by atoms with Crippen molar-refractivity contribution in [3.63, 3.8) is 0 Å². The molecule has 1 fully saturated rings. The van der Waals surface area contributed by atoms with Crippen LogP contribution in [-0.4, -0.2) is 39.7 Å². The summed E-state index contributed by atoms with van der Waals surface area (Å²) in [6.45, 7) is 0.768. The summed E-state index contributed by atoms with van der Waals surface area (Å²) in [6.07, 6.45) is 0.975. The Morgan fingerprint density at radius 2 is 2.22 bits per heavy atom. The molecule has 0 radical (unpaired) electrons. The highest BCUT2D eigenvalue weighted by atomic mass is 16.5. The number of imidazole rings is 1. The maximum absolute atomic E-state index is 11.7. The van der Waals surface area contributed by atoms with Gasteiger partial charge in [0.05, 0.1) is 12.1 Å². The highest BCUT2D eigenvalue weighted by Crippen LogP contribution is 2.23. The number of nitrogens with two attached hydrogens (primary N) is 1. The van der Waals surface area contributed by atoms with Gasteiger partial charge >= 0.3 is 0 Å². The zero-order valence-electron chi connectivity index (χ0n) is 9.86. The second-order valence-electron chi connectivity index (χ2n) is 4.33. The minimum absolute atomic E-state index is 0.0461. The molecule has 8 heteroatoms. The minimum Gasteiger partial charge on any atom is -0.380 e. The van der Waals surface area contributed by atoms with Crippen LogP contribution >= 0.6 is 0 Å². The Hall–Kier alpha value is -1.93. The third-order valence-electron chi connectivity index (χ3n) is 3.15. The number of aromatic nitrogens is 4. The van der Waals surface area contributed by atoms with Crippen molar-refractivity contribution in [3.8, 4) is 0 Å². The van der Waals surface area contributed by atoms with Gasteiger partial charge in [-0.25, -0.2) is 4.98 Å². The summed E-state index contributed by atoms with van der Waals surface area (Å²) in [5.74, 6) is 0.757. The van der Waals surface area contributed by atoms with E-state index in [1.807, 2.05) is 0 Å². The number of hydrogen-bond donors (Lipinski definition) is 4. The van der Waals surface area contributed by atoms with E-state index in [2.05, 4.69) is 25.3 Å². The van der Waals surface area contributed by atoms with Crippen molar-refractivity contribution in [2.75, 3.05) is 19.4 Å². The fourth-order valence-electron chi connectivity index (χ4n) is 2.20. The maximum atomic E-state index is 11.7. The number of H-pyrrole nitrogens is 2. The summed E-state index contributed by atoms with van der Waals surface area (Å²) >= 11 is 0. The summed E-state index contributed by atoms with van der Waals surface area (Å²) in [6, 6.07) is 0.0461. The van der Waals surface area contributed by atoms with Gasteiger partial charge in [0, 0.05) is 13.7 Å². The number of aromatic amines is 2. The number of anilines is 1. The van der Waals surface area contributed by atoms with Gasteiger partial charge in [-0.15, -0.1) is 0 Å². The van der Waals surface area contributed by atoms with Crippen molar-refractivity contribution >= 4 is 17.1 Å². The topological polar surface area (TPSA) is 122 Å². The molecule has 1 aliphatic rings. The van der Waals surface area contributed by atoms with Crippen molar-refractivity contribution in [2.24, 2.45) is 0 Å². The molecule has 5 N–H and O–H groups in total. The van der Waals surface area contributed by atoms with Crippen molar-refractivity contribution in [1.29, 1.82) is 0 Å². The van der Waals surface area contributed by atoms with E-state index in [0.29, 0.717) is 17.0 Å². The van der Waals surface area contributed by atoms with E-state index in [1.165, 1.54) is 0 Å². The van der Waals surface area contributed by atoms with Crippen LogP contribution in [0.4, 0.5) is 5.95 Å². The van der Waals surface area contributed by atoms with E-state index in [9.17, 15) is 4.79 Å². The lowest BCUT2D eigenvalue weighted by Gasteiger charge is -2.05. The van der Waals surface area contributed by atoms with Crippen molar-refractivity contribution in [1.82, 2.24) is 25.3 Å². The van der Waals surface area contributed by atoms with Gasteiger partial charge in [-0.2, -0.15) is 4.98 Å². The van der Waals surface area contributed by atoms with E-state index in [1.54, 1.807) is 7.11 Å². The molecule has 0 spiro atoms. The van der Waals surface area contributed by atoms with Gasteiger partial charge in [-0.3, -0.25) is 9.78 Å². The Kier molecular flexibility index (Phi) is 2.53. The summed E-state index contributed by atoms with van der Waals surface area (Å²) in [7, 11) is 1.68. The van der Waals surface area contributed by atoms with E-state index >= 15 is 0 Å². The van der Waals surface area contributed by atoms with Gasteiger partial charge in [0.1, 0.15) is 5.82 Å². The first-order valence-electron chi connectivity index (χ1n) is 5.69. The lowest BCUT2D eigenvalue weighted by molar-refractivity contribution is 0.117. The molecule has 2 atom stereocenters. The summed E-state index contributed by atoms with van der Waals surface area (Å²) in [5, 5.41) is 3.28. The zero-order valence-corrected chi connectivity index (χ0v) is 9.86. The van der Waals surface area contributed by atoms with Crippen molar-refractivity contribution < 1.29 is 4.74 Å². The first-order chi connectivity index (χ1) is 8.67. The van der Waals surface area contributed by atoms with Gasteiger partial charge in [0.15, 0.2) is 11.2 Å². The number of hydrogen-bond acceptors (Lipinski definition) is 6. The zero-order chi connectivity index (χ0) is 12.7. The van der Waals surface area contributed by atoms with Crippen LogP contribution in [0.1, 0.15) is 18.3 Å². The first kappa shape index (κ1) is 11.2. The third-order valence-corrected chi connectivity index (χ3v) is 3.15. The molecule has 8 nitrogen and oxygen atoms in total. The predicted octanol–water partition coefficient (Wildman–Crippen LogP) is -0.722. The second-order valence-corrected chi connectivity index (χ2v) is 4.33. The number of nitrogens with zero attached hydrogens (tertiary/aromatic N) is 2. The van der Waals surface area contributed by atoms with Crippen LogP contribution in [0.15, 0.2) is 4.79 Å². The summed E-state index contributed by atoms with van der Waals surface area (Å²) in [4.78, 5) is 25.4. The molecule has 2 unspecified atom stereocenters. The molecule has 3 rings (SSSR count). The lowest BCUT2D eigenvalue weighted by atomic mass is 10.2. The number of fused-ring (bicyclic) bond motifs is 1. The molecule has 0 amide bonds. The van der Waals surface area contributed by atoms with Crippen LogP contribution in [0.25, 0.3) is 11.2 Å². The maximum Gasteiger partial charge on any atom is 0.278 e. The summed E-state index contributed by atoms with van der Waals surface area (Å²) in [5.41, 5.74) is 5.86. The van der Waals surface area contributed by atoms with Crippen molar-refractivity contribution in [2.45, 2.75) is 18.6 Å². The Balaban J connectivity index is 1.99. The molecule has 18 heavy (non-hydrogen) atoms. The number of nitrogen functional groups attached to an aromatic ring is 1. The molecule has 0 aromatic carbocycles. The molecule has 0 saturated carbocycles. The van der Waals surface area contributed by atoms with Crippen LogP contribution in [0.2, 0.25) is 0 Å². The Labute approximate surface area is 102 Å². The van der Waals surface area contributed by atoms with Crippen LogP contribution < -0.4 is 16.6 Å². The van der Waals surface area contributed by atoms with E-state index < -0.39 is 0 Å². The van der Waals surface area contributed by atoms with Crippen LogP contribution in [-0.2, 0) is 4.74 Å². The molecular formula is C10H14N6O2. The molecule has 0 aliphatic carbocycles. The first-order valence-corrected chi connectivity index (χ1v) is 5.69. The number of ether oxygens (including phenoxy) is 1. The highest BCUT2D eigenvalue weighted by Gasteiger charge is 2.27. The molecule has 0 bridgehead atoms. The SMILES string of the molecule is COC1CNC(c2nc3nc(N)[nH]c(=O)c3[nH]2)C1. The quantitative estimate of drug-likeness (QED) is 0.558. The monoisotopic (exact) mass is 250 g/mol. The molecular weight excluding hydrogens is 236 g/mol. The van der Waals surface area contributed by atoms with Gasteiger partial charge in [-0.05, 0) is 6.42 Å². The fraction of sp³-hybridized carbons (Fsp3) is 0.500. The van der Waals surface area contributed by atoms with E-state index in [4.69, 9.17) is 10.5 Å². The van der Waals surface area contributed by atoms with E-state index in [0.717, 1.165) is 13.0 Å². The number of rotatable bonds is 2. The second kappa shape index (κ2) is 4.07. The molecule has 2 aromatic heterocycles. The Morgan fingerprint density at radius 1 is 1.39 bits per heavy atom. The van der Waals surface area contributed by atoms with Gasteiger partial charge < -0.3 is 20.8 Å². The highest BCUT2D eigenvalue weighted by molar-refractivity contribution is 5.70. The minimum atomic E-state index is -0.308. The molecule has 1 aliphatic heterocycles.